The maximum Gasteiger partial charge on any atom is 0.253 e. The molecule has 3 N–H and O–H groups in total. The molecule has 1 aromatic carbocycles. The van der Waals surface area contributed by atoms with Gasteiger partial charge in [0.25, 0.3) is 5.91 Å². The molecule has 0 aromatic heterocycles. The van der Waals surface area contributed by atoms with Crippen LogP contribution < -0.4 is 16.0 Å². The summed E-state index contributed by atoms with van der Waals surface area (Å²) in [5, 5.41) is 10.5. The Bertz CT molecular complexity index is 1390. The number of amidine groups is 1. The van der Waals surface area contributed by atoms with Gasteiger partial charge in [-0.1, -0.05) is 56.0 Å². The SMILES string of the molecule is C=C/C1=C\C(=C/C)NC(C)/N=C(\C(Cl)=C/C)Nc2ccc(NC(=O)CC3CCN(C(=O)/C(=C\CC)C(=C)C)CC3)c(c2)CC1. The van der Waals surface area contributed by atoms with Crippen molar-refractivity contribution in [1.29, 1.82) is 0 Å². The molecule has 2 amide bonds. The Kier molecular flexibility index (Phi) is 13.3. The number of aryl methyl sites for hydroxylation is 1. The number of nitrogens with one attached hydrogen (secondary N) is 3. The summed E-state index contributed by atoms with van der Waals surface area (Å²) in [5.41, 5.74) is 6.14. The highest BCUT2D eigenvalue weighted by molar-refractivity contribution is 6.44. The number of halogens is 1. The molecule has 0 aliphatic carbocycles. The van der Waals surface area contributed by atoms with Crippen molar-refractivity contribution in [1.82, 2.24) is 10.2 Å². The van der Waals surface area contributed by atoms with Gasteiger partial charge in [0, 0.05) is 42.2 Å². The van der Waals surface area contributed by atoms with Gasteiger partial charge in [0.05, 0.1) is 5.03 Å². The van der Waals surface area contributed by atoms with Crippen LogP contribution in [-0.2, 0) is 16.0 Å². The predicted molar refractivity (Wildman–Crippen MR) is 186 cm³/mol. The standard InChI is InChI=1S/C36H48ClN5O2/c1-8-12-31(24(5)6)36(44)42-19-17-27(18-20-42)22-34(43)41-33-16-15-30-23-28(33)14-13-26(9-2)21-29(10-3)38-25(7)39-35(40-30)32(37)11-4/h9-12,15-16,21,23,25,27,38H,2,5,8,13-14,17-20,22H2,1,3-4,6-7H3,(H,39,40)(H,41,43)/b26-21+,29-10+,31-12-,32-11+. The van der Waals surface area contributed by atoms with Crippen LogP contribution in [-0.4, -0.2) is 41.8 Å². The van der Waals surface area contributed by atoms with Crippen molar-refractivity contribution in [3.8, 4) is 0 Å². The number of piperidine rings is 1. The first kappa shape index (κ1) is 34.6. The van der Waals surface area contributed by atoms with Crippen LogP contribution in [0.2, 0.25) is 0 Å². The van der Waals surface area contributed by atoms with Gasteiger partial charge in [-0.25, -0.2) is 4.99 Å². The third-order valence-electron chi connectivity index (χ3n) is 7.89. The average Bonchev–Trinajstić information content (AvgIpc) is 3.01. The van der Waals surface area contributed by atoms with Crippen molar-refractivity contribution < 1.29 is 9.59 Å². The van der Waals surface area contributed by atoms with E-state index in [9.17, 15) is 9.59 Å². The number of amides is 2. The van der Waals surface area contributed by atoms with E-state index in [-0.39, 0.29) is 23.9 Å². The van der Waals surface area contributed by atoms with Crippen LogP contribution in [0.1, 0.15) is 72.3 Å². The third kappa shape index (κ3) is 9.84. The summed E-state index contributed by atoms with van der Waals surface area (Å²) in [4.78, 5) is 33.0. The molecule has 0 spiro atoms. The fourth-order valence-electron chi connectivity index (χ4n) is 5.44. The largest absolute Gasteiger partial charge is 0.364 e. The molecule has 8 heteroatoms. The number of carbonyl (C=O) groups excluding carboxylic acids is 2. The van der Waals surface area contributed by atoms with Crippen molar-refractivity contribution in [2.75, 3.05) is 23.7 Å². The van der Waals surface area contributed by atoms with E-state index >= 15 is 0 Å². The first-order chi connectivity index (χ1) is 21.1. The second-order valence-corrected chi connectivity index (χ2v) is 11.8. The highest BCUT2D eigenvalue weighted by atomic mass is 35.5. The summed E-state index contributed by atoms with van der Waals surface area (Å²) in [6, 6.07) is 5.92. The lowest BCUT2D eigenvalue weighted by atomic mass is 9.92. The number of nitrogens with zero attached hydrogens (tertiary/aromatic N) is 2. The van der Waals surface area contributed by atoms with Gasteiger partial charge in [-0.15, -0.1) is 0 Å². The van der Waals surface area contributed by atoms with Crippen molar-refractivity contribution >= 4 is 40.6 Å². The predicted octanol–water partition coefficient (Wildman–Crippen LogP) is 8.02. The Morgan fingerprint density at radius 2 is 1.93 bits per heavy atom. The summed E-state index contributed by atoms with van der Waals surface area (Å²) in [7, 11) is 0. The minimum atomic E-state index is -0.232. The number of hydrogen-bond acceptors (Lipinski definition) is 5. The van der Waals surface area contributed by atoms with E-state index in [1.807, 2.05) is 82.0 Å². The van der Waals surface area contributed by atoms with Gasteiger partial charge in [0.15, 0.2) is 0 Å². The number of carbonyl (C=O) groups is 2. The molecule has 44 heavy (non-hydrogen) atoms. The van der Waals surface area contributed by atoms with Gasteiger partial charge >= 0.3 is 0 Å². The maximum absolute atomic E-state index is 13.3. The molecule has 1 unspecified atom stereocenters. The van der Waals surface area contributed by atoms with Gasteiger partial charge in [0.1, 0.15) is 12.0 Å². The summed E-state index contributed by atoms with van der Waals surface area (Å²) < 4.78 is 0. The summed E-state index contributed by atoms with van der Waals surface area (Å²) in [6.07, 6.45) is 13.7. The number of fused-ring (bicyclic) bond motifs is 2. The van der Waals surface area contributed by atoms with Gasteiger partial charge in [0.2, 0.25) is 5.91 Å². The molecule has 1 fully saturated rings. The number of allylic oxidation sites excluding steroid dienone is 6. The number of anilines is 2. The summed E-state index contributed by atoms with van der Waals surface area (Å²) in [5.74, 6) is 0.805. The van der Waals surface area contributed by atoms with Crippen LogP contribution in [0.15, 0.2) is 94.2 Å². The molecular formula is C36H48ClN5O2. The van der Waals surface area contributed by atoms with E-state index in [2.05, 4.69) is 35.2 Å². The fraction of sp³-hybridized carbons (Fsp3) is 0.417. The third-order valence-corrected chi connectivity index (χ3v) is 8.29. The van der Waals surface area contributed by atoms with E-state index in [4.69, 9.17) is 16.6 Å². The molecule has 2 aliphatic rings. The Balaban J connectivity index is 1.77. The molecule has 1 saturated heterocycles. The van der Waals surface area contributed by atoms with Crippen LogP contribution in [0, 0.1) is 5.92 Å². The summed E-state index contributed by atoms with van der Waals surface area (Å²) >= 11 is 6.54. The minimum Gasteiger partial charge on any atom is -0.364 e. The van der Waals surface area contributed by atoms with Gasteiger partial charge in [-0.3, -0.25) is 9.59 Å². The number of rotatable bonds is 8. The molecule has 7 nitrogen and oxygen atoms in total. The molecule has 0 radical (unpaired) electrons. The van der Waals surface area contributed by atoms with Crippen LogP contribution in [0.25, 0.3) is 0 Å². The maximum atomic E-state index is 13.3. The first-order valence-electron chi connectivity index (χ1n) is 15.6. The lowest BCUT2D eigenvalue weighted by Crippen LogP contribution is -2.40. The lowest BCUT2D eigenvalue weighted by Gasteiger charge is -2.32. The number of benzene rings is 1. The highest BCUT2D eigenvalue weighted by Gasteiger charge is 2.26. The van der Waals surface area contributed by atoms with Crippen LogP contribution >= 0.6 is 11.6 Å². The normalized spacial score (nSPS) is 22.1. The fourth-order valence-corrected chi connectivity index (χ4v) is 5.53. The van der Waals surface area contributed by atoms with E-state index in [1.165, 1.54) is 0 Å². The number of hydrogen-bond donors (Lipinski definition) is 3. The lowest BCUT2D eigenvalue weighted by molar-refractivity contribution is -0.128. The van der Waals surface area contributed by atoms with Crippen molar-refractivity contribution in [2.45, 2.75) is 79.3 Å². The second kappa shape index (κ2) is 16.9. The van der Waals surface area contributed by atoms with Gasteiger partial charge < -0.3 is 20.9 Å². The molecule has 236 valence electrons. The Morgan fingerprint density at radius 1 is 1.20 bits per heavy atom. The topological polar surface area (TPSA) is 85.8 Å². The molecule has 2 bridgehead atoms. The molecule has 3 rings (SSSR count). The van der Waals surface area contributed by atoms with Gasteiger partial charge in [-0.05, 0) is 107 Å². The zero-order valence-electron chi connectivity index (χ0n) is 26.9. The Labute approximate surface area is 268 Å². The molecule has 1 aromatic rings. The van der Waals surface area contributed by atoms with Gasteiger partial charge in [-0.2, -0.15) is 0 Å². The zero-order valence-corrected chi connectivity index (χ0v) is 27.7. The van der Waals surface area contributed by atoms with Crippen LogP contribution in [0.3, 0.4) is 0 Å². The monoisotopic (exact) mass is 617 g/mol. The number of aliphatic imine (C=N–C) groups is 1. The van der Waals surface area contributed by atoms with Crippen LogP contribution in [0.5, 0.6) is 0 Å². The van der Waals surface area contributed by atoms with Crippen LogP contribution in [0.4, 0.5) is 11.4 Å². The van der Waals surface area contributed by atoms with Crippen molar-refractivity contribution in [3.63, 3.8) is 0 Å². The smallest absolute Gasteiger partial charge is 0.253 e. The molecule has 1 atom stereocenters. The number of likely N-dealkylation sites (tertiary alicyclic amines) is 1. The quantitative estimate of drug-likeness (QED) is 0.204. The van der Waals surface area contributed by atoms with E-state index in [0.717, 1.165) is 59.5 Å². The van der Waals surface area contributed by atoms with E-state index < -0.39 is 0 Å². The van der Waals surface area contributed by atoms with Crippen molar-refractivity contribution in [3.05, 3.63) is 94.7 Å². The average molecular weight is 618 g/mol. The molecule has 2 heterocycles. The van der Waals surface area contributed by atoms with Crippen molar-refractivity contribution in [2.24, 2.45) is 10.9 Å². The Hall–Kier alpha value is -3.84. The second-order valence-electron chi connectivity index (χ2n) is 11.4. The first-order valence-corrected chi connectivity index (χ1v) is 16.0. The molecule has 0 saturated carbocycles. The van der Waals surface area contributed by atoms with E-state index in [1.54, 1.807) is 0 Å². The Morgan fingerprint density at radius 3 is 2.55 bits per heavy atom. The molecule has 2 aliphatic heterocycles. The highest BCUT2D eigenvalue weighted by Crippen LogP contribution is 2.28. The minimum absolute atomic E-state index is 0.0175. The summed E-state index contributed by atoms with van der Waals surface area (Å²) in [6.45, 7) is 19.0. The zero-order chi connectivity index (χ0) is 32.2. The molecular weight excluding hydrogens is 570 g/mol. The van der Waals surface area contributed by atoms with E-state index in [0.29, 0.717) is 42.4 Å².